The predicted molar refractivity (Wildman–Crippen MR) is 110 cm³/mol. The highest BCUT2D eigenvalue weighted by atomic mass is 32.2. The third-order valence-electron chi connectivity index (χ3n) is 4.29. The SMILES string of the molecule is CN(C)CCCNS(=O)(=O)c1ccc(NCc2cccc(C(F)(F)F)c2)c([N+](=O)[O-])c1. The monoisotopic (exact) mass is 460 g/mol. The molecule has 2 aromatic rings. The van der Waals surface area contributed by atoms with Crippen LogP contribution in [-0.2, 0) is 22.7 Å². The zero-order chi connectivity index (χ0) is 23.2. The predicted octanol–water partition coefficient (Wildman–Crippen LogP) is 3.46. The average Bonchev–Trinajstić information content (AvgIpc) is 2.69. The van der Waals surface area contributed by atoms with Crippen molar-refractivity contribution in [3.63, 3.8) is 0 Å². The number of benzene rings is 2. The van der Waals surface area contributed by atoms with Gasteiger partial charge in [0, 0.05) is 19.2 Å². The highest BCUT2D eigenvalue weighted by Gasteiger charge is 2.30. The molecule has 0 saturated carbocycles. The topological polar surface area (TPSA) is 105 Å². The largest absolute Gasteiger partial charge is 0.416 e. The van der Waals surface area contributed by atoms with E-state index in [0.29, 0.717) is 13.0 Å². The molecular formula is C19H23F3N4O4S. The second-order valence-corrected chi connectivity index (χ2v) is 8.81. The summed E-state index contributed by atoms with van der Waals surface area (Å²) in [5.41, 5.74) is -1.07. The van der Waals surface area contributed by atoms with Crippen LogP contribution < -0.4 is 10.0 Å². The van der Waals surface area contributed by atoms with Gasteiger partial charge in [0.15, 0.2) is 0 Å². The van der Waals surface area contributed by atoms with Gasteiger partial charge in [-0.15, -0.1) is 0 Å². The summed E-state index contributed by atoms with van der Waals surface area (Å²) in [5, 5.41) is 14.1. The van der Waals surface area contributed by atoms with Crippen LogP contribution in [0.2, 0.25) is 0 Å². The lowest BCUT2D eigenvalue weighted by Gasteiger charge is -2.12. The highest BCUT2D eigenvalue weighted by molar-refractivity contribution is 7.89. The van der Waals surface area contributed by atoms with Gasteiger partial charge >= 0.3 is 6.18 Å². The second-order valence-electron chi connectivity index (χ2n) is 7.04. The fourth-order valence-corrected chi connectivity index (χ4v) is 3.81. The molecule has 0 radical (unpaired) electrons. The fraction of sp³-hybridized carbons (Fsp3) is 0.368. The lowest BCUT2D eigenvalue weighted by molar-refractivity contribution is -0.384. The van der Waals surface area contributed by atoms with Crippen LogP contribution in [0.3, 0.4) is 0 Å². The number of nitrogens with zero attached hydrogens (tertiary/aromatic N) is 2. The number of hydrogen-bond acceptors (Lipinski definition) is 6. The van der Waals surface area contributed by atoms with Gasteiger partial charge in [0.05, 0.1) is 15.4 Å². The van der Waals surface area contributed by atoms with Gasteiger partial charge in [0.2, 0.25) is 10.0 Å². The van der Waals surface area contributed by atoms with Crippen molar-refractivity contribution in [2.24, 2.45) is 0 Å². The molecule has 0 amide bonds. The fourth-order valence-electron chi connectivity index (χ4n) is 2.72. The van der Waals surface area contributed by atoms with Gasteiger partial charge in [0.1, 0.15) is 5.69 Å². The van der Waals surface area contributed by atoms with Crippen molar-refractivity contribution in [1.29, 1.82) is 0 Å². The molecule has 2 aromatic carbocycles. The Balaban J connectivity index is 2.16. The van der Waals surface area contributed by atoms with E-state index < -0.39 is 32.4 Å². The van der Waals surface area contributed by atoms with E-state index in [1.807, 2.05) is 19.0 Å². The number of alkyl halides is 3. The van der Waals surface area contributed by atoms with Crippen LogP contribution in [0.25, 0.3) is 0 Å². The van der Waals surface area contributed by atoms with E-state index in [0.717, 1.165) is 18.2 Å². The summed E-state index contributed by atoms with van der Waals surface area (Å²) < 4.78 is 65.7. The summed E-state index contributed by atoms with van der Waals surface area (Å²) in [5.74, 6) is 0. The summed E-state index contributed by atoms with van der Waals surface area (Å²) in [6.07, 6.45) is -3.94. The van der Waals surface area contributed by atoms with E-state index in [1.54, 1.807) is 0 Å². The Morgan fingerprint density at radius 3 is 2.45 bits per heavy atom. The van der Waals surface area contributed by atoms with Gasteiger partial charge in [-0.1, -0.05) is 12.1 Å². The molecule has 0 saturated heterocycles. The smallest absolute Gasteiger partial charge is 0.375 e. The van der Waals surface area contributed by atoms with E-state index in [4.69, 9.17) is 0 Å². The number of nitro benzene ring substituents is 1. The van der Waals surface area contributed by atoms with Gasteiger partial charge in [-0.25, -0.2) is 13.1 Å². The molecular weight excluding hydrogens is 437 g/mol. The molecule has 8 nitrogen and oxygen atoms in total. The zero-order valence-corrected chi connectivity index (χ0v) is 17.8. The Bertz CT molecular complexity index is 1030. The number of halogens is 3. The van der Waals surface area contributed by atoms with E-state index >= 15 is 0 Å². The van der Waals surface area contributed by atoms with E-state index in [2.05, 4.69) is 10.0 Å². The van der Waals surface area contributed by atoms with Crippen LogP contribution in [0, 0.1) is 10.1 Å². The van der Waals surface area contributed by atoms with Crippen LogP contribution in [-0.4, -0.2) is 45.4 Å². The Morgan fingerprint density at radius 2 is 1.84 bits per heavy atom. The van der Waals surface area contributed by atoms with Gasteiger partial charge in [-0.05, 0) is 56.9 Å². The molecule has 12 heteroatoms. The molecule has 0 aromatic heterocycles. The maximum Gasteiger partial charge on any atom is 0.416 e. The van der Waals surface area contributed by atoms with Crippen molar-refractivity contribution in [2.75, 3.05) is 32.5 Å². The van der Waals surface area contributed by atoms with Crippen LogP contribution in [0.1, 0.15) is 17.5 Å². The van der Waals surface area contributed by atoms with Crippen molar-refractivity contribution in [1.82, 2.24) is 9.62 Å². The van der Waals surface area contributed by atoms with Gasteiger partial charge < -0.3 is 10.2 Å². The van der Waals surface area contributed by atoms with Crippen molar-refractivity contribution in [3.8, 4) is 0 Å². The summed E-state index contributed by atoms with van der Waals surface area (Å²) in [7, 11) is -0.246. The summed E-state index contributed by atoms with van der Waals surface area (Å²) in [6, 6.07) is 7.90. The molecule has 0 bridgehead atoms. The first-order valence-corrected chi connectivity index (χ1v) is 10.7. The van der Waals surface area contributed by atoms with E-state index in [1.165, 1.54) is 24.3 Å². The number of hydrogen-bond donors (Lipinski definition) is 2. The molecule has 0 heterocycles. The Hall–Kier alpha value is -2.70. The lowest BCUT2D eigenvalue weighted by atomic mass is 10.1. The summed E-state index contributed by atoms with van der Waals surface area (Å²) in [4.78, 5) is 12.3. The molecule has 0 aliphatic rings. The maximum absolute atomic E-state index is 12.8. The van der Waals surface area contributed by atoms with E-state index in [9.17, 15) is 31.7 Å². The molecule has 2 rings (SSSR count). The second kappa shape index (κ2) is 10.1. The zero-order valence-electron chi connectivity index (χ0n) is 16.9. The molecule has 0 aliphatic carbocycles. The van der Waals surface area contributed by atoms with Crippen LogP contribution in [0.5, 0.6) is 0 Å². The Morgan fingerprint density at radius 1 is 1.13 bits per heavy atom. The molecule has 170 valence electrons. The number of sulfonamides is 1. The summed E-state index contributed by atoms with van der Waals surface area (Å²) >= 11 is 0. The lowest BCUT2D eigenvalue weighted by Crippen LogP contribution is -2.27. The van der Waals surface area contributed by atoms with Gasteiger partial charge in [0.25, 0.3) is 5.69 Å². The van der Waals surface area contributed by atoms with Crippen molar-refractivity contribution < 1.29 is 26.5 Å². The number of anilines is 1. The number of nitro groups is 1. The Labute approximate surface area is 178 Å². The van der Waals surface area contributed by atoms with Crippen molar-refractivity contribution in [3.05, 3.63) is 63.7 Å². The standard InChI is InChI=1S/C19H23F3N4O4S/c1-25(2)10-4-9-24-31(29,30)16-7-8-17(18(12-16)26(27)28)23-13-14-5-3-6-15(11-14)19(20,21)22/h3,5-8,11-12,23-24H,4,9-10,13H2,1-2H3. The Kier molecular flexibility index (Phi) is 7.98. The van der Waals surface area contributed by atoms with Crippen molar-refractivity contribution >= 4 is 21.4 Å². The van der Waals surface area contributed by atoms with Gasteiger partial charge in [-0.2, -0.15) is 13.2 Å². The normalized spacial score (nSPS) is 12.2. The van der Waals surface area contributed by atoms with Crippen molar-refractivity contribution in [2.45, 2.75) is 24.0 Å². The highest BCUT2D eigenvalue weighted by Crippen LogP contribution is 2.31. The minimum absolute atomic E-state index is 0.00558. The number of rotatable bonds is 10. The molecule has 2 N–H and O–H groups in total. The molecule has 0 aliphatic heterocycles. The summed E-state index contributed by atoms with van der Waals surface area (Å²) in [6.45, 7) is 0.727. The number of nitrogens with one attached hydrogen (secondary N) is 2. The molecule has 0 unspecified atom stereocenters. The first-order chi connectivity index (χ1) is 14.4. The van der Waals surface area contributed by atoms with Crippen LogP contribution >= 0.6 is 0 Å². The first kappa shape index (κ1) is 24.6. The third kappa shape index (κ3) is 7.19. The molecule has 0 fully saturated rings. The minimum Gasteiger partial charge on any atom is -0.375 e. The van der Waals surface area contributed by atoms with Gasteiger partial charge in [-0.3, -0.25) is 10.1 Å². The minimum atomic E-state index is -4.50. The van der Waals surface area contributed by atoms with Crippen LogP contribution in [0.4, 0.5) is 24.5 Å². The van der Waals surface area contributed by atoms with Crippen LogP contribution in [0.15, 0.2) is 47.4 Å². The van der Waals surface area contributed by atoms with E-state index in [-0.39, 0.29) is 29.2 Å². The molecule has 31 heavy (non-hydrogen) atoms. The third-order valence-corrected chi connectivity index (χ3v) is 5.75. The molecule has 0 spiro atoms. The average molecular weight is 460 g/mol. The molecule has 0 atom stereocenters. The maximum atomic E-state index is 12.8. The quantitative estimate of drug-likeness (QED) is 0.320. The first-order valence-electron chi connectivity index (χ1n) is 9.23.